The van der Waals surface area contributed by atoms with Crippen molar-refractivity contribution in [1.82, 2.24) is 9.97 Å². The normalized spacial score (nSPS) is 13.2. The molecule has 0 fully saturated rings. The van der Waals surface area contributed by atoms with E-state index in [9.17, 15) is 0 Å². The summed E-state index contributed by atoms with van der Waals surface area (Å²) >= 11 is 1.65. The van der Waals surface area contributed by atoms with E-state index >= 15 is 0 Å². The summed E-state index contributed by atoms with van der Waals surface area (Å²) in [6.45, 7) is 5.24. The molecular weight excluding hydrogens is 244 g/mol. The van der Waals surface area contributed by atoms with E-state index in [0.29, 0.717) is 5.92 Å². The van der Waals surface area contributed by atoms with Gasteiger partial charge in [-0.15, -0.1) is 11.3 Å². The third-order valence-electron chi connectivity index (χ3n) is 3.26. The van der Waals surface area contributed by atoms with Crippen molar-refractivity contribution in [2.45, 2.75) is 26.3 Å². The number of fused-ring (bicyclic) bond motifs is 1. The zero-order valence-corrected chi connectivity index (χ0v) is 11.9. The number of nitrogens with zero attached hydrogens (tertiary/aromatic N) is 3. The largest absolute Gasteiger partial charge is 0.359 e. The number of hydrogen-bond donors (Lipinski definition) is 1. The highest BCUT2D eigenvalue weighted by Gasteiger charge is 2.12. The molecule has 0 aliphatic rings. The lowest BCUT2D eigenvalue weighted by Crippen LogP contribution is -2.32. The van der Waals surface area contributed by atoms with Gasteiger partial charge < -0.3 is 10.6 Å². The van der Waals surface area contributed by atoms with Crippen LogP contribution in [0.2, 0.25) is 0 Å². The summed E-state index contributed by atoms with van der Waals surface area (Å²) in [4.78, 5) is 11.9. The van der Waals surface area contributed by atoms with Crippen LogP contribution in [0.5, 0.6) is 0 Å². The van der Waals surface area contributed by atoms with Crippen LogP contribution in [0.4, 0.5) is 5.82 Å². The number of nitrogens with two attached hydrogens (primary N) is 1. The van der Waals surface area contributed by atoms with E-state index in [1.807, 2.05) is 0 Å². The summed E-state index contributed by atoms with van der Waals surface area (Å²) in [5, 5.41) is 3.18. The van der Waals surface area contributed by atoms with Gasteiger partial charge in [-0.05, 0) is 23.8 Å². The van der Waals surface area contributed by atoms with Crippen LogP contribution >= 0.6 is 11.3 Å². The van der Waals surface area contributed by atoms with Gasteiger partial charge in [0.05, 0.1) is 5.39 Å². The highest BCUT2D eigenvalue weighted by Crippen LogP contribution is 2.26. The highest BCUT2D eigenvalue weighted by molar-refractivity contribution is 7.16. The molecule has 5 heteroatoms. The quantitative estimate of drug-likeness (QED) is 0.901. The van der Waals surface area contributed by atoms with Crippen molar-refractivity contribution in [2.24, 2.45) is 11.7 Å². The third-order valence-corrected chi connectivity index (χ3v) is 4.08. The van der Waals surface area contributed by atoms with Gasteiger partial charge in [0.2, 0.25) is 0 Å². The monoisotopic (exact) mass is 264 g/mol. The van der Waals surface area contributed by atoms with Crippen molar-refractivity contribution in [2.75, 3.05) is 18.5 Å². The minimum absolute atomic E-state index is 0.243. The van der Waals surface area contributed by atoms with E-state index < -0.39 is 0 Å². The van der Waals surface area contributed by atoms with Crippen molar-refractivity contribution in [1.29, 1.82) is 0 Å². The molecule has 0 spiro atoms. The Labute approximate surface area is 112 Å². The average molecular weight is 264 g/mol. The van der Waals surface area contributed by atoms with Crippen molar-refractivity contribution in [3.63, 3.8) is 0 Å². The van der Waals surface area contributed by atoms with Crippen molar-refractivity contribution >= 4 is 27.4 Å². The Kier molecular flexibility index (Phi) is 4.14. The van der Waals surface area contributed by atoms with E-state index in [-0.39, 0.29) is 6.04 Å². The van der Waals surface area contributed by atoms with Crippen LogP contribution in [-0.4, -0.2) is 29.6 Å². The van der Waals surface area contributed by atoms with Crippen LogP contribution in [0, 0.1) is 5.92 Å². The van der Waals surface area contributed by atoms with Crippen molar-refractivity contribution < 1.29 is 0 Å². The van der Waals surface area contributed by atoms with Gasteiger partial charge in [-0.3, -0.25) is 0 Å². The fourth-order valence-electron chi connectivity index (χ4n) is 1.86. The molecular formula is C13H20N4S. The van der Waals surface area contributed by atoms with Crippen LogP contribution in [0.1, 0.15) is 20.3 Å². The molecule has 0 saturated carbocycles. The molecule has 0 amide bonds. The van der Waals surface area contributed by atoms with Gasteiger partial charge in [-0.2, -0.15) is 0 Å². The second-order valence-corrected chi connectivity index (χ2v) is 5.85. The summed E-state index contributed by atoms with van der Waals surface area (Å²) in [6.07, 6.45) is 2.61. The fraction of sp³-hybridized carbons (Fsp3) is 0.538. The molecule has 0 radical (unpaired) electrons. The Morgan fingerprint density at radius 1 is 1.39 bits per heavy atom. The number of anilines is 1. The molecule has 18 heavy (non-hydrogen) atoms. The zero-order chi connectivity index (χ0) is 13.1. The lowest BCUT2D eigenvalue weighted by molar-refractivity contribution is 0.466. The molecule has 1 atom stereocenters. The Balaban J connectivity index is 2.09. The van der Waals surface area contributed by atoms with E-state index in [1.165, 1.54) is 0 Å². The van der Waals surface area contributed by atoms with Gasteiger partial charge in [0.1, 0.15) is 17.0 Å². The molecule has 0 aromatic carbocycles. The topological polar surface area (TPSA) is 55.0 Å². The maximum atomic E-state index is 6.08. The van der Waals surface area contributed by atoms with Gasteiger partial charge in [0.25, 0.3) is 0 Å². The molecule has 0 aliphatic carbocycles. The first kappa shape index (κ1) is 13.2. The Bertz CT molecular complexity index is 508. The number of rotatable bonds is 5. The van der Waals surface area contributed by atoms with Crippen molar-refractivity contribution in [3.05, 3.63) is 17.8 Å². The van der Waals surface area contributed by atoms with Gasteiger partial charge in [0, 0.05) is 19.6 Å². The Morgan fingerprint density at radius 2 is 2.17 bits per heavy atom. The Morgan fingerprint density at radius 3 is 2.89 bits per heavy atom. The minimum atomic E-state index is 0.243. The molecule has 0 bridgehead atoms. The molecule has 2 N–H and O–H groups in total. The smallest absolute Gasteiger partial charge is 0.140 e. The molecule has 4 nitrogen and oxygen atoms in total. The van der Waals surface area contributed by atoms with E-state index in [1.54, 1.807) is 17.7 Å². The molecule has 2 heterocycles. The molecule has 0 saturated heterocycles. The van der Waals surface area contributed by atoms with Crippen molar-refractivity contribution in [3.8, 4) is 0 Å². The first-order chi connectivity index (χ1) is 8.59. The van der Waals surface area contributed by atoms with E-state index in [4.69, 9.17) is 5.73 Å². The van der Waals surface area contributed by atoms with Crippen LogP contribution in [0.3, 0.4) is 0 Å². The molecule has 98 valence electrons. The minimum Gasteiger partial charge on any atom is -0.359 e. The molecule has 1 unspecified atom stereocenters. The second-order valence-electron chi connectivity index (χ2n) is 4.95. The first-order valence-electron chi connectivity index (χ1n) is 6.24. The summed E-state index contributed by atoms with van der Waals surface area (Å²) in [6, 6.07) is 2.32. The summed E-state index contributed by atoms with van der Waals surface area (Å²) in [5.41, 5.74) is 6.08. The Hall–Kier alpha value is -1.20. The number of aromatic nitrogens is 2. The van der Waals surface area contributed by atoms with Crippen LogP contribution in [0.15, 0.2) is 17.8 Å². The molecule has 2 aromatic rings. The second kappa shape index (κ2) is 5.63. The van der Waals surface area contributed by atoms with Crippen LogP contribution < -0.4 is 10.6 Å². The highest BCUT2D eigenvalue weighted by atomic mass is 32.1. The predicted octanol–water partition coefficient (Wildman–Crippen LogP) is 2.50. The third kappa shape index (κ3) is 2.79. The molecule has 0 aliphatic heterocycles. The van der Waals surface area contributed by atoms with Crippen LogP contribution in [0.25, 0.3) is 10.2 Å². The van der Waals surface area contributed by atoms with Gasteiger partial charge in [0.15, 0.2) is 0 Å². The molecule has 2 aromatic heterocycles. The van der Waals surface area contributed by atoms with Gasteiger partial charge in [-0.25, -0.2) is 9.97 Å². The van der Waals surface area contributed by atoms with Gasteiger partial charge in [-0.1, -0.05) is 13.8 Å². The fourth-order valence-corrected chi connectivity index (χ4v) is 2.59. The predicted molar refractivity (Wildman–Crippen MR) is 78.1 cm³/mol. The maximum absolute atomic E-state index is 6.08. The summed E-state index contributed by atoms with van der Waals surface area (Å²) in [7, 11) is 2.06. The number of thiophene rings is 1. The summed E-state index contributed by atoms with van der Waals surface area (Å²) < 4.78 is 0. The number of hydrogen-bond acceptors (Lipinski definition) is 5. The van der Waals surface area contributed by atoms with E-state index in [2.05, 4.69) is 47.2 Å². The SMILES string of the molecule is CC(C)C(N)CCN(C)c1ncnc2sccc12. The zero-order valence-electron chi connectivity index (χ0n) is 11.1. The summed E-state index contributed by atoms with van der Waals surface area (Å²) in [5.74, 6) is 1.52. The standard InChI is InChI=1S/C13H20N4S/c1-9(2)11(14)4-6-17(3)12-10-5-7-18-13(10)16-8-15-12/h5,7-9,11H,4,6,14H2,1-3H3. The average Bonchev–Trinajstić information content (AvgIpc) is 2.83. The van der Waals surface area contributed by atoms with Crippen LogP contribution in [-0.2, 0) is 0 Å². The molecule has 2 rings (SSSR count). The lowest BCUT2D eigenvalue weighted by Gasteiger charge is -2.22. The van der Waals surface area contributed by atoms with E-state index in [0.717, 1.165) is 29.0 Å². The van der Waals surface area contributed by atoms with Gasteiger partial charge >= 0.3 is 0 Å². The maximum Gasteiger partial charge on any atom is 0.140 e. The first-order valence-corrected chi connectivity index (χ1v) is 7.12. The lowest BCUT2D eigenvalue weighted by atomic mass is 10.0.